The van der Waals surface area contributed by atoms with E-state index in [9.17, 15) is 4.79 Å². The zero-order valence-electron chi connectivity index (χ0n) is 20.2. The maximum atomic E-state index is 12.7. The van der Waals surface area contributed by atoms with Crippen LogP contribution in [-0.2, 0) is 12.0 Å². The lowest BCUT2D eigenvalue weighted by Gasteiger charge is -2.22. The van der Waals surface area contributed by atoms with Gasteiger partial charge in [-0.15, -0.1) is 0 Å². The molecule has 2 heterocycles. The van der Waals surface area contributed by atoms with E-state index < -0.39 is 6.03 Å². The molecule has 2 amide bonds. The van der Waals surface area contributed by atoms with Gasteiger partial charge in [-0.3, -0.25) is 0 Å². The highest BCUT2D eigenvalue weighted by molar-refractivity contribution is 6.00. The molecule has 0 fully saturated rings. The number of aromatic nitrogens is 2. The standard InChI is InChI=1S/C28H30N4O3/c1-28(2,3)23-12-4-5-14-25(23)35-26-24(13-9-15-29-26)31-27(33)30-21-10-8-11-22(20-21)34-19-18-32-16-6-7-17-32/h4-17,20H,18-19H2,1-3H3,(H2,30,31,33). The number of rotatable bonds is 8. The van der Waals surface area contributed by atoms with Crippen molar-refractivity contribution >= 4 is 17.4 Å². The molecule has 4 aromatic rings. The first kappa shape index (κ1) is 23.9. The Hall–Kier alpha value is -4.26. The number of amides is 2. The lowest BCUT2D eigenvalue weighted by atomic mass is 9.86. The van der Waals surface area contributed by atoms with Crippen LogP contribution in [0.3, 0.4) is 0 Å². The Morgan fingerprint density at radius 2 is 1.74 bits per heavy atom. The molecule has 0 aliphatic carbocycles. The summed E-state index contributed by atoms with van der Waals surface area (Å²) in [5.74, 6) is 1.70. The number of urea groups is 1. The minimum Gasteiger partial charge on any atom is -0.492 e. The first-order valence-electron chi connectivity index (χ1n) is 11.5. The molecule has 0 aliphatic rings. The highest BCUT2D eigenvalue weighted by Gasteiger charge is 2.20. The summed E-state index contributed by atoms with van der Waals surface area (Å²) < 4.78 is 14.0. The second-order valence-corrected chi connectivity index (χ2v) is 9.08. The molecule has 7 nitrogen and oxygen atoms in total. The molecule has 7 heteroatoms. The van der Waals surface area contributed by atoms with Crippen LogP contribution in [0.4, 0.5) is 16.2 Å². The molecule has 0 spiro atoms. The second kappa shape index (κ2) is 10.8. The number of para-hydroxylation sites is 1. The molecule has 0 radical (unpaired) electrons. The lowest BCUT2D eigenvalue weighted by molar-refractivity contribution is 0.262. The Balaban J connectivity index is 1.40. The van der Waals surface area contributed by atoms with E-state index in [1.54, 1.807) is 30.5 Å². The first-order valence-corrected chi connectivity index (χ1v) is 11.5. The molecule has 0 saturated carbocycles. The number of benzene rings is 2. The number of carbonyl (C=O) groups is 1. The molecule has 0 atom stereocenters. The number of pyridine rings is 1. The van der Waals surface area contributed by atoms with Gasteiger partial charge < -0.3 is 24.7 Å². The van der Waals surface area contributed by atoms with E-state index in [1.807, 2.05) is 65.5 Å². The van der Waals surface area contributed by atoms with Crippen LogP contribution in [0.15, 0.2) is 91.4 Å². The second-order valence-electron chi connectivity index (χ2n) is 9.08. The summed E-state index contributed by atoms with van der Waals surface area (Å²) in [5, 5.41) is 5.68. The van der Waals surface area contributed by atoms with Crippen LogP contribution in [0.1, 0.15) is 26.3 Å². The third-order valence-corrected chi connectivity index (χ3v) is 5.30. The monoisotopic (exact) mass is 470 g/mol. The predicted octanol–water partition coefficient (Wildman–Crippen LogP) is 6.70. The van der Waals surface area contributed by atoms with Crippen LogP contribution in [0.25, 0.3) is 0 Å². The van der Waals surface area contributed by atoms with Crippen molar-refractivity contribution in [3.05, 3.63) is 97.0 Å². The highest BCUT2D eigenvalue weighted by atomic mass is 16.5. The van der Waals surface area contributed by atoms with Gasteiger partial charge in [0, 0.05) is 35.9 Å². The van der Waals surface area contributed by atoms with Crippen LogP contribution < -0.4 is 20.1 Å². The Morgan fingerprint density at radius 3 is 2.54 bits per heavy atom. The summed E-state index contributed by atoms with van der Waals surface area (Å²) in [6, 6.07) is 22.2. The van der Waals surface area contributed by atoms with Crippen molar-refractivity contribution in [3.63, 3.8) is 0 Å². The van der Waals surface area contributed by atoms with E-state index in [4.69, 9.17) is 9.47 Å². The molecular weight excluding hydrogens is 440 g/mol. The average molecular weight is 471 g/mol. The molecule has 2 aromatic carbocycles. The fourth-order valence-electron chi connectivity index (χ4n) is 3.58. The molecule has 0 unspecified atom stereocenters. The topological polar surface area (TPSA) is 77.4 Å². The van der Waals surface area contributed by atoms with E-state index in [-0.39, 0.29) is 5.41 Å². The van der Waals surface area contributed by atoms with Crippen molar-refractivity contribution in [2.45, 2.75) is 32.7 Å². The van der Waals surface area contributed by atoms with Gasteiger partial charge in [-0.25, -0.2) is 9.78 Å². The van der Waals surface area contributed by atoms with Crippen LogP contribution in [-0.4, -0.2) is 22.2 Å². The fourth-order valence-corrected chi connectivity index (χ4v) is 3.58. The van der Waals surface area contributed by atoms with Crippen LogP contribution >= 0.6 is 0 Å². The average Bonchev–Trinajstić information content (AvgIpc) is 3.34. The molecule has 0 bridgehead atoms. The molecule has 4 rings (SSSR count). The third-order valence-electron chi connectivity index (χ3n) is 5.30. The van der Waals surface area contributed by atoms with Gasteiger partial charge in [-0.1, -0.05) is 45.0 Å². The highest BCUT2D eigenvalue weighted by Crippen LogP contribution is 2.35. The van der Waals surface area contributed by atoms with Crippen molar-refractivity contribution in [1.29, 1.82) is 0 Å². The molecule has 2 N–H and O–H groups in total. The van der Waals surface area contributed by atoms with Crippen molar-refractivity contribution < 1.29 is 14.3 Å². The van der Waals surface area contributed by atoms with Crippen molar-refractivity contribution in [3.8, 4) is 17.4 Å². The zero-order chi connectivity index (χ0) is 24.7. The Labute approximate surface area is 205 Å². The summed E-state index contributed by atoms with van der Waals surface area (Å²) in [6.07, 6.45) is 5.61. The summed E-state index contributed by atoms with van der Waals surface area (Å²) in [5.41, 5.74) is 2.03. The van der Waals surface area contributed by atoms with Gasteiger partial charge in [0.05, 0.1) is 6.54 Å². The predicted molar refractivity (Wildman–Crippen MR) is 138 cm³/mol. The molecule has 0 aliphatic heterocycles. The minimum absolute atomic E-state index is 0.106. The van der Waals surface area contributed by atoms with Gasteiger partial charge in [0.2, 0.25) is 5.88 Å². The Bertz CT molecular complexity index is 1260. The van der Waals surface area contributed by atoms with Gasteiger partial charge in [0.1, 0.15) is 23.8 Å². The van der Waals surface area contributed by atoms with Crippen molar-refractivity contribution in [1.82, 2.24) is 9.55 Å². The summed E-state index contributed by atoms with van der Waals surface area (Å²) >= 11 is 0. The van der Waals surface area contributed by atoms with E-state index in [0.29, 0.717) is 35.4 Å². The Kier molecular flexibility index (Phi) is 7.35. The van der Waals surface area contributed by atoms with Gasteiger partial charge in [0.15, 0.2) is 0 Å². The molecule has 0 saturated heterocycles. The maximum absolute atomic E-state index is 12.7. The number of anilines is 2. The number of carbonyl (C=O) groups excluding carboxylic acids is 1. The van der Waals surface area contributed by atoms with Crippen LogP contribution in [0.5, 0.6) is 17.4 Å². The van der Waals surface area contributed by atoms with E-state index >= 15 is 0 Å². The van der Waals surface area contributed by atoms with Gasteiger partial charge in [-0.2, -0.15) is 0 Å². The summed E-state index contributed by atoms with van der Waals surface area (Å²) in [4.78, 5) is 17.1. The van der Waals surface area contributed by atoms with Crippen molar-refractivity contribution in [2.75, 3.05) is 17.2 Å². The molecule has 2 aromatic heterocycles. The zero-order valence-corrected chi connectivity index (χ0v) is 20.2. The third kappa shape index (κ3) is 6.63. The summed E-state index contributed by atoms with van der Waals surface area (Å²) in [7, 11) is 0. The number of nitrogens with zero attached hydrogens (tertiary/aromatic N) is 2. The smallest absolute Gasteiger partial charge is 0.323 e. The van der Waals surface area contributed by atoms with Gasteiger partial charge in [0.25, 0.3) is 0 Å². The van der Waals surface area contributed by atoms with E-state index in [2.05, 4.69) is 36.4 Å². The Morgan fingerprint density at radius 1 is 0.943 bits per heavy atom. The largest absolute Gasteiger partial charge is 0.492 e. The lowest BCUT2D eigenvalue weighted by Crippen LogP contribution is -2.20. The van der Waals surface area contributed by atoms with E-state index in [0.717, 1.165) is 12.1 Å². The molecule has 35 heavy (non-hydrogen) atoms. The normalized spacial score (nSPS) is 11.1. The SMILES string of the molecule is CC(C)(C)c1ccccc1Oc1ncccc1NC(=O)Nc1cccc(OCCn2cccc2)c1. The van der Waals surface area contributed by atoms with Crippen LogP contribution in [0, 0.1) is 0 Å². The van der Waals surface area contributed by atoms with E-state index in [1.165, 1.54) is 0 Å². The maximum Gasteiger partial charge on any atom is 0.323 e. The first-order chi connectivity index (χ1) is 16.9. The number of ether oxygens (including phenoxy) is 2. The van der Waals surface area contributed by atoms with Crippen molar-refractivity contribution in [2.24, 2.45) is 0 Å². The van der Waals surface area contributed by atoms with Gasteiger partial charge in [-0.05, 0) is 47.9 Å². The minimum atomic E-state index is -0.406. The van der Waals surface area contributed by atoms with Gasteiger partial charge >= 0.3 is 6.03 Å². The fraction of sp³-hybridized carbons (Fsp3) is 0.214. The number of nitrogens with one attached hydrogen (secondary N) is 2. The van der Waals surface area contributed by atoms with Crippen LogP contribution in [0.2, 0.25) is 0 Å². The number of hydrogen-bond donors (Lipinski definition) is 2. The molecule has 180 valence electrons. The number of hydrogen-bond acceptors (Lipinski definition) is 4. The summed E-state index contributed by atoms with van der Waals surface area (Å²) in [6.45, 7) is 7.64. The quantitative estimate of drug-likeness (QED) is 0.301. The molecular formula is C28H30N4O3.